The first kappa shape index (κ1) is 15.2. The predicted molar refractivity (Wildman–Crippen MR) is 78.1 cm³/mol. The lowest BCUT2D eigenvalue weighted by atomic mass is 9.86. The van der Waals surface area contributed by atoms with Gasteiger partial charge in [-0.05, 0) is 31.0 Å². The van der Waals surface area contributed by atoms with Crippen molar-refractivity contribution in [2.75, 3.05) is 13.6 Å². The molecule has 0 saturated heterocycles. The molecule has 0 saturated carbocycles. The molecule has 3 nitrogen and oxygen atoms in total. The minimum absolute atomic E-state index is 0.107. The van der Waals surface area contributed by atoms with Crippen molar-refractivity contribution in [3.8, 4) is 0 Å². The molecule has 100 valence electrons. The molecule has 0 bridgehead atoms. The normalized spacial score (nSPS) is 14.1. The summed E-state index contributed by atoms with van der Waals surface area (Å²) in [5, 5.41) is 0. The Balaban J connectivity index is 2.73. The summed E-state index contributed by atoms with van der Waals surface area (Å²) < 4.78 is 1.04. The quantitative estimate of drug-likeness (QED) is 0.908. The maximum absolute atomic E-state index is 12.3. The van der Waals surface area contributed by atoms with Crippen molar-refractivity contribution in [1.29, 1.82) is 0 Å². The highest BCUT2D eigenvalue weighted by Crippen LogP contribution is 2.23. The number of benzene rings is 1. The van der Waals surface area contributed by atoms with Crippen LogP contribution in [0.25, 0.3) is 0 Å². The summed E-state index contributed by atoms with van der Waals surface area (Å²) in [7, 11) is 1.83. The van der Waals surface area contributed by atoms with Gasteiger partial charge in [0.15, 0.2) is 0 Å². The number of halogens is 1. The van der Waals surface area contributed by atoms with Crippen LogP contribution < -0.4 is 5.73 Å². The van der Waals surface area contributed by atoms with Crippen molar-refractivity contribution >= 4 is 21.8 Å². The lowest BCUT2D eigenvalue weighted by Crippen LogP contribution is -2.44. The molecule has 0 fully saturated rings. The van der Waals surface area contributed by atoms with Crippen molar-refractivity contribution in [2.45, 2.75) is 26.8 Å². The van der Waals surface area contributed by atoms with E-state index in [1.54, 1.807) is 4.90 Å². The number of amides is 1. The van der Waals surface area contributed by atoms with E-state index in [-0.39, 0.29) is 5.91 Å². The topological polar surface area (TPSA) is 46.3 Å². The Morgan fingerprint density at radius 2 is 1.94 bits per heavy atom. The fourth-order valence-corrected chi connectivity index (χ4v) is 2.04. The van der Waals surface area contributed by atoms with E-state index in [1.807, 2.05) is 45.2 Å². The number of carbonyl (C=O) groups is 1. The first-order chi connectivity index (χ1) is 8.42. The van der Waals surface area contributed by atoms with E-state index in [1.165, 1.54) is 0 Å². The van der Waals surface area contributed by atoms with Gasteiger partial charge in [-0.25, -0.2) is 0 Å². The third-order valence-electron chi connectivity index (χ3n) is 3.43. The molecule has 0 radical (unpaired) electrons. The summed E-state index contributed by atoms with van der Waals surface area (Å²) >= 11 is 3.40. The second kappa shape index (κ2) is 6.34. The minimum Gasteiger partial charge on any atom is -0.341 e. The SMILES string of the molecule is CCC(C)(CN)C(=O)N(C)Cc1ccc(Br)cc1. The van der Waals surface area contributed by atoms with E-state index in [2.05, 4.69) is 15.9 Å². The molecule has 1 aromatic rings. The molecular weight excluding hydrogens is 292 g/mol. The van der Waals surface area contributed by atoms with E-state index in [9.17, 15) is 4.79 Å². The fourth-order valence-electron chi connectivity index (χ4n) is 1.78. The zero-order valence-corrected chi connectivity index (χ0v) is 12.8. The molecule has 0 heterocycles. The van der Waals surface area contributed by atoms with Crippen LogP contribution in [0.4, 0.5) is 0 Å². The van der Waals surface area contributed by atoms with E-state index in [4.69, 9.17) is 5.73 Å². The average molecular weight is 313 g/mol. The first-order valence-corrected chi connectivity index (χ1v) is 6.92. The molecule has 18 heavy (non-hydrogen) atoms. The van der Waals surface area contributed by atoms with Crippen molar-refractivity contribution in [3.05, 3.63) is 34.3 Å². The van der Waals surface area contributed by atoms with Gasteiger partial charge in [-0.15, -0.1) is 0 Å². The van der Waals surface area contributed by atoms with Gasteiger partial charge in [-0.2, -0.15) is 0 Å². The molecule has 0 aliphatic carbocycles. The second-order valence-corrected chi connectivity index (χ2v) is 5.82. The van der Waals surface area contributed by atoms with E-state index >= 15 is 0 Å². The molecule has 1 rings (SSSR count). The van der Waals surface area contributed by atoms with Gasteiger partial charge in [-0.1, -0.05) is 35.0 Å². The fraction of sp³-hybridized carbons (Fsp3) is 0.500. The lowest BCUT2D eigenvalue weighted by Gasteiger charge is -2.30. The summed E-state index contributed by atoms with van der Waals surface area (Å²) in [6, 6.07) is 7.99. The van der Waals surface area contributed by atoms with Gasteiger partial charge in [0.1, 0.15) is 0 Å². The minimum atomic E-state index is -0.454. The van der Waals surface area contributed by atoms with E-state index < -0.39 is 5.41 Å². The van der Waals surface area contributed by atoms with Crippen LogP contribution in [0, 0.1) is 5.41 Å². The second-order valence-electron chi connectivity index (χ2n) is 4.91. The molecule has 1 amide bonds. The Labute approximate surface area is 117 Å². The smallest absolute Gasteiger partial charge is 0.229 e. The largest absolute Gasteiger partial charge is 0.341 e. The molecule has 2 N–H and O–H groups in total. The third kappa shape index (κ3) is 3.56. The van der Waals surface area contributed by atoms with Gasteiger partial charge in [0.25, 0.3) is 0 Å². The highest BCUT2D eigenvalue weighted by Gasteiger charge is 2.32. The van der Waals surface area contributed by atoms with Gasteiger partial charge in [-0.3, -0.25) is 4.79 Å². The molecule has 0 aliphatic rings. The number of hydrogen-bond donors (Lipinski definition) is 1. The van der Waals surface area contributed by atoms with Crippen molar-refractivity contribution < 1.29 is 4.79 Å². The standard InChI is InChI=1S/C14H21BrN2O/c1-4-14(2,10-16)13(18)17(3)9-11-5-7-12(15)8-6-11/h5-8H,4,9-10,16H2,1-3H3. The third-order valence-corrected chi connectivity index (χ3v) is 3.96. The molecule has 1 atom stereocenters. The average Bonchev–Trinajstić information content (AvgIpc) is 2.39. The van der Waals surface area contributed by atoms with Crippen LogP contribution in [0.15, 0.2) is 28.7 Å². The monoisotopic (exact) mass is 312 g/mol. The molecule has 0 aromatic heterocycles. The van der Waals surface area contributed by atoms with Crippen LogP contribution in [-0.2, 0) is 11.3 Å². The van der Waals surface area contributed by atoms with Crippen molar-refractivity contribution in [2.24, 2.45) is 11.1 Å². The van der Waals surface area contributed by atoms with Crippen LogP contribution >= 0.6 is 15.9 Å². The zero-order valence-electron chi connectivity index (χ0n) is 11.2. The van der Waals surface area contributed by atoms with E-state index in [0.717, 1.165) is 16.5 Å². The maximum atomic E-state index is 12.3. The molecule has 4 heteroatoms. The van der Waals surface area contributed by atoms with Gasteiger partial charge < -0.3 is 10.6 Å². The maximum Gasteiger partial charge on any atom is 0.229 e. The summed E-state index contributed by atoms with van der Waals surface area (Å²) in [5.74, 6) is 0.107. The Kier molecular flexibility index (Phi) is 5.35. The summed E-state index contributed by atoms with van der Waals surface area (Å²) in [5.41, 5.74) is 6.38. The Hall–Kier alpha value is -0.870. The number of nitrogens with two attached hydrogens (primary N) is 1. The van der Waals surface area contributed by atoms with Crippen LogP contribution in [-0.4, -0.2) is 24.4 Å². The summed E-state index contributed by atoms with van der Waals surface area (Å²) in [6.45, 7) is 4.92. The molecule has 1 aromatic carbocycles. The Morgan fingerprint density at radius 3 is 2.39 bits per heavy atom. The van der Waals surface area contributed by atoms with Crippen LogP contribution in [0.5, 0.6) is 0 Å². The Bertz CT molecular complexity index is 399. The summed E-state index contributed by atoms with van der Waals surface area (Å²) in [6.07, 6.45) is 0.757. The highest BCUT2D eigenvalue weighted by molar-refractivity contribution is 9.10. The van der Waals surface area contributed by atoms with Crippen LogP contribution in [0.1, 0.15) is 25.8 Å². The van der Waals surface area contributed by atoms with E-state index in [0.29, 0.717) is 13.1 Å². The molecule has 0 spiro atoms. The van der Waals surface area contributed by atoms with Crippen molar-refractivity contribution in [1.82, 2.24) is 4.90 Å². The Morgan fingerprint density at radius 1 is 1.39 bits per heavy atom. The number of carbonyl (C=O) groups excluding carboxylic acids is 1. The van der Waals surface area contributed by atoms with Gasteiger partial charge in [0.2, 0.25) is 5.91 Å². The van der Waals surface area contributed by atoms with Crippen LogP contribution in [0.2, 0.25) is 0 Å². The van der Waals surface area contributed by atoms with Gasteiger partial charge >= 0.3 is 0 Å². The zero-order chi connectivity index (χ0) is 13.8. The molecular formula is C14H21BrN2O. The number of nitrogens with zero attached hydrogens (tertiary/aromatic N) is 1. The van der Waals surface area contributed by atoms with Gasteiger partial charge in [0, 0.05) is 24.6 Å². The predicted octanol–water partition coefficient (Wildman–Crippen LogP) is 2.78. The summed E-state index contributed by atoms with van der Waals surface area (Å²) in [4.78, 5) is 14.1. The number of hydrogen-bond acceptors (Lipinski definition) is 2. The molecule has 1 unspecified atom stereocenters. The van der Waals surface area contributed by atoms with Crippen LogP contribution in [0.3, 0.4) is 0 Å². The lowest BCUT2D eigenvalue weighted by molar-refractivity contribution is -0.140. The molecule has 0 aliphatic heterocycles. The highest BCUT2D eigenvalue weighted by atomic mass is 79.9. The first-order valence-electron chi connectivity index (χ1n) is 6.13. The number of rotatable bonds is 5. The van der Waals surface area contributed by atoms with Crippen molar-refractivity contribution in [3.63, 3.8) is 0 Å². The van der Waals surface area contributed by atoms with Gasteiger partial charge in [0.05, 0.1) is 5.41 Å².